The molecule has 1 atom stereocenters. The summed E-state index contributed by atoms with van der Waals surface area (Å²) in [5.74, 6) is 0.848. The van der Waals surface area contributed by atoms with Crippen molar-refractivity contribution >= 4 is 11.3 Å². The van der Waals surface area contributed by atoms with Gasteiger partial charge >= 0.3 is 0 Å². The molecule has 1 unspecified atom stereocenters. The molecule has 3 heteroatoms. The van der Waals surface area contributed by atoms with E-state index >= 15 is 0 Å². The van der Waals surface area contributed by atoms with Crippen LogP contribution in [0.15, 0.2) is 5.38 Å². The minimum absolute atomic E-state index is 0.0914. The van der Waals surface area contributed by atoms with Gasteiger partial charge in [-0.15, -0.1) is 11.3 Å². The molecule has 1 aromatic heterocycles. The number of aliphatic hydroxyl groups excluding tert-OH is 1. The van der Waals surface area contributed by atoms with E-state index < -0.39 is 0 Å². The molecule has 0 saturated heterocycles. The van der Waals surface area contributed by atoms with Crippen LogP contribution in [0, 0.1) is 5.92 Å². The van der Waals surface area contributed by atoms with Crippen molar-refractivity contribution in [3.8, 4) is 0 Å². The molecule has 1 aliphatic rings. The van der Waals surface area contributed by atoms with Crippen molar-refractivity contribution in [3.05, 3.63) is 16.1 Å². The van der Waals surface area contributed by atoms with Gasteiger partial charge in [-0.05, 0) is 18.8 Å². The third-order valence-electron chi connectivity index (χ3n) is 3.83. The fourth-order valence-corrected chi connectivity index (χ4v) is 3.58. The first kappa shape index (κ1) is 14.0. The maximum absolute atomic E-state index is 10.2. The van der Waals surface area contributed by atoms with Crippen molar-refractivity contribution in [2.45, 2.75) is 70.8 Å². The summed E-state index contributed by atoms with van der Waals surface area (Å²) in [7, 11) is 0. The predicted molar refractivity (Wildman–Crippen MR) is 77.0 cm³/mol. The molecule has 0 amide bonds. The van der Waals surface area contributed by atoms with Crippen LogP contribution in [-0.4, -0.2) is 10.1 Å². The Morgan fingerprint density at radius 3 is 2.61 bits per heavy atom. The van der Waals surface area contributed by atoms with Crippen LogP contribution in [-0.2, 0) is 5.41 Å². The van der Waals surface area contributed by atoms with Gasteiger partial charge in [0.05, 0.1) is 16.8 Å². The highest BCUT2D eigenvalue weighted by Crippen LogP contribution is 2.33. The molecule has 102 valence electrons. The van der Waals surface area contributed by atoms with Gasteiger partial charge in [0.25, 0.3) is 0 Å². The molecule has 2 nitrogen and oxygen atoms in total. The largest absolute Gasteiger partial charge is 0.387 e. The molecule has 2 rings (SSSR count). The van der Waals surface area contributed by atoms with Crippen molar-refractivity contribution in [2.24, 2.45) is 5.92 Å². The second-order valence-electron chi connectivity index (χ2n) is 6.57. The molecule has 0 aliphatic heterocycles. The fourth-order valence-electron chi connectivity index (χ4n) is 2.62. The van der Waals surface area contributed by atoms with Gasteiger partial charge in [-0.2, -0.15) is 0 Å². The van der Waals surface area contributed by atoms with E-state index in [9.17, 15) is 5.11 Å². The molecule has 1 fully saturated rings. The molecular weight excluding hydrogens is 242 g/mol. The van der Waals surface area contributed by atoms with Crippen LogP contribution < -0.4 is 0 Å². The average Bonchev–Trinajstić information content (AvgIpc) is 2.96. The van der Waals surface area contributed by atoms with Crippen molar-refractivity contribution in [2.75, 3.05) is 0 Å². The van der Waals surface area contributed by atoms with Crippen LogP contribution >= 0.6 is 11.3 Å². The second kappa shape index (κ2) is 5.70. The molecule has 1 saturated carbocycles. The lowest BCUT2D eigenvalue weighted by atomic mass is 9.97. The first-order chi connectivity index (χ1) is 8.47. The van der Waals surface area contributed by atoms with Crippen LogP contribution in [0.1, 0.15) is 76.1 Å². The van der Waals surface area contributed by atoms with E-state index in [0.29, 0.717) is 0 Å². The summed E-state index contributed by atoms with van der Waals surface area (Å²) < 4.78 is 0. The highest BCUT2D eigenvalue weighted by Gasteiger charge is 2.22. The molecule has 1 N–H and O–H groups in total. The Balaban J connectivity index is 1.88. The Bertz CT molecular complexity index is 374. The number of hydrogen-bond donors (Lipinski definition) is 1. The summed E-state index contributed by atoms with van der Waals surface area (Å²) in [4.78, 5) is 4.60. The molecule has 1 aromatic rings. The maximum Gasteiger partial charge on any atom is 0.0983 e. The number of hydrogen-bond acceptors (Lipinski definition) is 3. The third-order valence-corrected chi connectivity index (χ3v) is 5.11. The van der Waals surface area contributed by atoms with Gasteiger partial charge in [-0.3, -0.25) is 0 Å². The minimum Gasteiger partial charge on any atom is -0.387 e. The zero-order chi connectivity index (χ0) is 13.2. The van der Waals surface area contributed by atoms with E-state index in [4.69, 9.17) is 0 Å². The van der Waals surface area contributed by atoms with Crippen LogP contribution in [0.25, 0.3) is 0 Å². The van der Waals surface area contributed by atoms with Crippen LogP contribution in [0.5, 0.6) is 0 Å². The Kier molecular flexibility index (Phi) is 4.44. The normalized spacial score (nSPS) is 19.3. The Morgan fingerprint density at radius 2 is 2.06 bits per heavy atom. The van der Waals surface area contributed by atoms with Gasteiger partial charge in [-0.1, -0.05) is 46.5 Å². The number of aromatic nitrogens is 1. The minimum atomic E-state index is -0.363. The summed E-state index contributed by atoms with van der Waals surface area (Å²) in [6.45, 7) is 6.50. The average molecular weight is 267 g/mol. The van der Waals surface area contributed by atoms with E-state index in [-0.39, 0.29) is 11.5 Å². The third kappa shape index (κ3) is 3.55. The summed E-state index contributed by atoms with van der Waals surface area (Å²) in [5, 5.41) is 13.4. The molecule has 1 aliphatic carbocycles. The van der Waals surface area contributed by atoms with Crippen molar-refractivity contribution in [1.29, 1.82) is 0 Å². The lowest BCUT2D eigenvalue weighted by Crippen LogP contribution is -2.11. The van der Waals surface area contributed by atoms with Gasteiger partial charge in [0.2, 0.25) is 0 Å². The molecule has 0 spiro atoms. The van der Waals surface area contributed by atoms with E-state index in [0.717, 1.165) is 29.5 Å². The van der Waals surface area contributed by atoms with E-state index in [1.807, 2.05) is 5.38 Å². The lowest BCUT2D eigenvalue weighted by molar-refractivity contribution is 0.153. The van der Waals surface area contributed by atoms with Gasteiger partial charge in [0.15, 0.2) is 0 Å². The SMILES string of the molecule is CC(C)(C)c1nc(C(O)CCC2CCCC2)cs1. The fraction of sp³-hybridized carbons (Fsp3) is 0.800. The molecule has 18 heavy (non-hydrogen) atoms. The van der Waals surface area contributed by atoms with Gasteiger partial charge in [-0.25, -0.2) is 4.98 Å². The molecule has 1 heterocycles. The monoisotopic (exact) mass is 267 g/mol. The maximum atomic E-state index is 10.2. The highest BCUT2D eigenvalue weighted by atomic mass is 32.1. The highest BCUT2D eigenvalue weighted by molar-refractivity contribution is 7.09. The van der Waals surface area contributed by atoms with Gasteiger partial charge in [0.1, 0.15) is 0 Å². The summed E-state index contributed by atoms with van der Waals surface area (Å²) in [6, 6.07) is 0. The van der Waals surface area contributed by atoms with Crippen molar-refractivity contribution in [3.63, 3.8) is 0 Å². The Hall–Kier alpha value is -0.410. The van der Waals surface area contributed by atoms with Gasteiger partial charge in [0, 0.05) is 10.8 Å². The molecular formula is C15H25NOS. The second-order valence-corrected chi connectivity index (χ2v) is 7.43. The summed E-state index contributed by atoms with van der Waals surface area (Å²) >= 11 is 1.67. The standard InChI is InChI=1S/C15H25NOS/c1-15(2,3)14-16-12(10-18-14)13(17)9-8-11-6-4-5-7-11/h10-11,13,17H,4-9H2,1-3H3. The Morgan fingerprint density at radius 1 is 1.39 bits per heavy atom. The summed E-state index contributed by atoms with van der Waals surface area (Å²) in [6.07, 6.45) is 7.14. The predicted octanol–water partition coefficient (Wildman–Crippen LogP) is 4.44. The smallest absolute Gasteiger partial charge is 0.0983 e. The zero-order valence-electron chi connectivity index (χ0n) is 11.8. The first-order valence-electron chi connectivity index (χ1n) is 7.11. The van der Waals surface area contributed by atoms with E-state index in [1.54, 1.807) is 11.3 Å². The lowest BCUT2D eigenvalue weighted by Gasteiger charge is -2.15. The Labute approximate surface area is 114 Å². The van der Waals surface area contributed by atoms with Crippen LogP contribution in [0.2, 0.25) is 0 Å². The molecule has 0 radical (unpaired) electrons. The van der Waals surface area contributed by atoms with Crippen LogP contribution in [0.4, 0.5) is 0 Å². The number of aliphatic hydroxyl groups is 1. The summed E-state index contributed by atoms with van der Waals surface area (Å²) in [5.41, 5.74) is 0.969. The van der Waals surface area contributed by atoms with E-state index in [1.165, 1.54) is 25.7 Å². The number of nitrogens with zero attached hydrogens (tertiary/aromatic N) is 1. The topological polar surface area (TPSA) is 33.1 Å². The number of thiazole rings is 1. The van der Waals surface area contributed by atoms with Gasteiger partial charge < -0.3 is 5.11 Å². The first-order valence-corrected chi connectivity index (χ1v) is 7.99. The van der Waals surface area contributed by atoms with E-state index in [2.05, 4.69) is 25.8 Å². The zero-order valence-corrected chi connectivity index (χ0v) is 12.6. The van der Waals surface area contributed by atoms with Crippen LogP contribution in [0.3, 0.4) is 0 Å². The molecule has 0 aromatic carbocycles. The number of rotatable bonds is 4. The quantitative estimate of drug-likeness (QED) is 0.874. The van der Waals surface area contributed by atoms with Crippen molar-refractivity contribution in [1.82, 2.24) is 4.98 Å². The van der Waals surface area contributed by atoms with Crippen molar-refractivity contribution < 1.29 is 5.11 Å². The molecule has 0 bridgehead atoms.